The van der Waals surface area contributed by atoms with Gasteiger partial charge in [-0.2, -0.15) is 0 Å². The first-order valence-electron chi connectivity index (χ1n) is 4.69. The lowest BCUT2D eigenvalue weighted by atomic mass is 10.2. The van der Waals surface area contributed by atoms with Gasteiger partial charge in [0.1, 0.15) is 5.69 Å². The Bertz CT molecular complexity index is 321. The van der Waals surface area contributed by atoms with E-state index in [2.05, 4.69) is 17.2 Å². The van der Waals surface area contributed by atoms with E-state index < -0.39 is 0 Å². The third-order valence-electron chi connectivity index (χ3n) is 2.41. The number of rotatable bonds is 1. The summed E-state index contributed by atoms with van der Waals surface area (Å²) < 4.78 is 0. The van der Waals surface area contributed by atoms with E-state index in [0.717, 1.165) is 19.6 Å². The molecule has 1 atom stereocenters. The zero-order valence-corrected chi connectivity index (χ0v) is 11.3. The third kappa shape index (κ3) is 3.31. The van der Waals surface area contributed by atoms with Crippen molar-refractivity contribution >= 4 is 42.1 Å². The lowest BCUT2D eigenvalue weighted by Crippen LogP contribution is -2.52. The number of thiazole rings is 1. The van der Waals surface area contributed by atoms with Gasteiger partial charge in [0.05, 0.1) is 5.51 Å². The Balaban J connectivity index is 0.00000112. The second kappa shape index (κ2) is 7.06. The van der Waals surface area contributed by atoms with Gasteiger partial charge in [0.25, 0.3) is 5.91 Å². The summed E-state index contributed by atoms with van der Waals surface area (Å²) >= 11 is 1.46. The molecular formula is C9H15Cl2N3OS. The van der Waals surface area contributed by atoms with Crippen LogP contribution in [-0.4, -0.2) is 41.5 Å². The van der Waals surface area contributed by atoms with Gasteiger partial charge in [0, 0.05) is 31.1 Å². The van der Waals surface area contributed by atoms with Crippen molar-refractivity contribution in [3.05, 3.63) is 16.6 Å². The van der Waals surface area contributed by atoms with Crippen LogP contribution in [-0.2, 0) is 0 Å². The molecule has 0 radical (unpaired) electrons. The van der Waals surface area contributed by atoms with Crippen LogP contribution < -0.4 is 5.32 Å². The summed E-state index contributed by atoms with van der Waals surface area (Å²) in [5, 5.41) is 5.06. The number of halogens is 2. The first-order valence-corrected chi connectivity index (χ1v) is 5.63. The first-order chi connectivity index (χ1) is 6.79. The molecule has 2 heterocycles. The molecule has 1 N–H and O–H groups in total. The zero-order valence-electron chi connectivity index (χ0n) is 8.88. The second-order valence-corrected chi connectivity index (χ2v) is 4.14. The van der Waals surface area contributed by atoms with Crippen molar-refractivity contribution in [3.8, 4) is 0 Å². The average molecular weight is 284 g/mol. The van der Waals surface area contributed by atoms with Crippen LogP contribution in [0.25, 0.3) is 0 Å². The molecule has 0 bridgehead atoms. The summed E-state index contributed by atoms with van der Waals surface area (Å²) in [5.41, 5.74) is 2.27. The highest BCUT2D eigenvalue weighted by Crippen LogP contribution is 2.10. The van der Waals surface area contributed by atoms with Crippen LogP contribution in [0.1, 0.15) is 17.4 Å². The number of nitrogens with zero attached hydrogens (tertiary/aromatic N) is 2. The van der Waals surface area contributed by atoms with Gasteiger partial charge in [-0.05, 0) is 6.92 Å². The Morgan fingerprint density at radius 1 is 1.62 bits per heavy atom. The maximum atomic E-state index is 11.9. The molecule has 0 unspecified atom stereocenters. The standard InChI is InChI=1S/C9H13N3OS.2ClH/c1-7-4-10-2-3-12(7)9(13)8-5-14-6-11-8;;/h5-7,10H,2-4H2,1H3;2*1H/t7-;;/m1../s1. The fourth-order valence-electron chi connectivity index (χ4n) is 1.61. The van der Waals surface area contributed by atoms with Crippen LogP contribution in [0, 0.1) is 0 Å². The molecule has 0 aromatic carbocycles. The minimum atomic E-state index is 0. The number of piperazine rings is 1. The Kier molecular flexibility index (Phi) is 6.90. The topological polar surface area (TPSA) is 45.2 Å². The zero-order chi connectivity index (χ0) is 9.97. The van der Waals surface area contributed by atoms with E-state index >= 15 is 0 Å². The molecule has 7 heteroatoms. The van der Waals surface area contributed by atoms with Crippen molar-refractivity contribution in [1.82, 2.24) is 15.2 Å². The van der Waals surface area contributed by atoms with Crippen molar-refractivity contribution < 1.29 is 4.79 Å². The summed E-state index contributed by atoms with van der Waals surface area (Å²) in [6, 6.07) is 0.262. The van der Waals surface area contributed by atoms with Crippen molar-refractivity contribution in [2.24, 2.45) is 0 Å². The maximum absolute atomic E-state index is 11.9. The number of nitrogens with one attached hydrogen (secondary N) is 1. The third-order valence-corrected chi connectivity index (χ3v) is 3.00. The van der Waals surface area contributed by atoms with Crippen LogP contribution >= 0.6 is 36.2 Å². The number of hydrogen-bond donors (Lipinski definition) is 1. The van der Waals surface area contributed by atoms with E-state index in [0.29, 0.717) is 5.69 Å². The fourth-order valence-corrected chi connectivity index (χ4v) is 2.13. The Morgan fingerprint density at radius 2 is 2.38 bits per heavy atom. The normalized spacial score (nSPS) is 19.6. The predicted molar refractivity (Wildman–Crippen MR) is 70.0 cm³/mol. The predicted octanol–water partition coefficient (Wildman–Crippen LogP) is 1.42. The highest BCUT2D eigenvalue weighted by atomic mass is 35.5. The molecule has 1 fully saturated rings. The second-order valence-electron chi connectivity index (χ2n) is 3.43. The Labute approximate surface area is 111 Å². The first kappa shape index (κ1) is 15.6. The van der Waals surface area contributed by atoms with Crippen LogP contribution in [0.4, 0.5) is 0 Å². The molecule has 4 nitrogen and oxygen atoms in total. The summed E-state index contributed by atoms with van der Waals surface area (Å²) in [4.78, 5) is 17.8. The molecule has 1 aliphatic rings. The van der Waals surface area contributed by atoms with Crippen LogP contribution in [0.3, 0.4) is 0 Å². The van der Waals surface area contributed by atoms with Gasteiger partial charge in [-0.15, -0.1) is 36.2 Å². The van der Waals surface area contributed by atoms with Gasteiger partial charge in [0.2, 0.25) is 0 Å². The molecule has 1 amide bonds. The lowest BCUT2D eigenvalue weighted by molar-refractivity contribution is 0.0650. The fraction of sp³-hybridized carbons (Fsp3) is 0.556. The molecular weight excluding hydrogens is 269 g/mol. The molecule has 0 saturated carbocycles. The monoisotopic (exact) mass is 283 g/mol. The molecule has 2 rings (SSSR count). The lowest BCUT2D eigenvalue weighted by Gasteiger charge is -2.33. The van der Waals surface area contributed by atoms with Crippen LogP contribution in [0.15, 0.2) is 10.9 Å². The maximum Gasteiger partial charge on any atom is 0.273 e. The van der Waals surface area contributed by atoms with Gasteiger partial charge in [-0.3, -0.25) is 4.79 Å². The molecule has 0 aliphatic carbocycles. The van der Waals surface area contributed by atoms with E-state index in [1.807, 2.05) is 4.90 Å². The summed E-state index contributed by atoms with van der Waals surface area (Å²) in [7, 11) is 0. The average Bonchev–Trinajstić information content (AvgIpc) is 2.70. The van der Waals surface area contributed by atoms with E-state index in [-0.39, 0.29) is 36.8 Å². The summed E-state index contributed by atoms with van der Waals surface area (Å²) in [6.45, 7) is 4.57. The molecule has 1 aromatic heterocycles. The van der Waals surface area contributed by atoms with Gasteiger partial charge in [0.15, 0.2) is 0 Å². The minimum Gasteiger partial charge on any atom is -0.332 e. The van der Waals surface area contributed by atoms with Crippen LogP contribution in [0.5, 0.6) is 0 Å². The van der Waals surface area contributed by atoms with Gasteiger partial charge >= 0.3 is 0 Å². The van der Waals surface area contributed by atoms with Gasteiger partial charge < -0.3 is 10.2 Å². The highest BCUT2D eigenvalue weighted by Gasteiger charge is 2.24. The molecule has 1 aliphatic heterocycles. The van der Waals surface area contributed by atoms with Gasteiger partial charge in [-0.1, -0.05) is 0 Å². The number of hydrogen-bond acceptors (Lipinski definition) is 4. The van der Waals surface area contributed by atoms with Crippen LogP contribution in [0.2, 0.25) is 0 Å². The van der Waals surface area contributed by atoms with E-state index in [4.69, 9.17) is 0 Å². The van der Waals surface area contributed by atoms with Crippen molar-refractivity contribution in [1.29, 1.82) is 0 Å². The smallest absolute Gasteiger partial charge is 0.273 e. The molecule has 1 saturated heterocycles. The van der Waals surface area contributed by atoms with E-state index in [9.17, 15) is 4.79 Å². The number of aromatic nitrogens is 1. The molecule has 16 heavy (non-hydrogen) atoms. The van der Waals surface area contributed by atoms with E-state index in [1.54, 1.807) is 10.9 Å². The van der Waals surface area contributed by atoms with Gasteiger partial charge in [-0.25, -0.2) is 4.98 Å². The highest BCUT2D eigenvalue weighted by molar-refractivity contribution is 7.07. The number of carbonyl (C=O) groups excluding carboxylic acids is 1. The number of carbonyl (C=O) groups is 1. The summed E-state index contributed by atoms with van der Waals surface area (Å²) in [5.74, 6) is 0.0558. The largest absolute Gasteiger partial charge is 0.332 e. The molecule has 0 spiro atoms. The van der Waals surface area contributed by atoms with Crippen molar-refractivity contribution in [2.75, 3.05) is 19.6 Å². The van der Waals surface area contributed by atoms with E-state index in [1.165, 1.54) is 11.3 Å². The van der Waals surface area contributed by atoms with Crippen molar-refractivity contribution in [3.63, 3.8) is 0 Å². The Morgan fingerprint density at radius 3 is 2.94 bits per heavy atom. The summed E-state index contributed by atoms with van der Waals surface area (Å²) in [6.07, 6.45) is 0. The quantitative estimate of drug-likeness (QED) is 0.848. The van der Waals surface area contributed by atoms with Crippen molar-refractivity contribution in [2.45, 2.75) is 13.0 Å². The Hall–Kier alpha value is -0.360. The SMILES string of the molecule is C[C@@H]1CNCCN1C(=O)c1cscn1.Cl.Cl. The molecule has 92 valence electrons. The number of amides is 1. The minimum absolute atomic E-state index is 0. The molecule has 1 aromatic rings.